The SMILES string of the molecule is CCn1c(SCC(=O)c2cc(C)ccc2C)nnc1-c1ccncc1. The van der Waals surface area contributed by atoms with Crippen LogP contribution in [0.2, 0.25) is 0 Å². The van der Waals surface area contributed by atoms with Gasteiger partial charge in [0.25, 0.3) is 0 Å². The van der Waals surface area contributed by atoms with Gasteiger partial charge in [-0.3, -0.25) is 9.78 Å². The largest absolute Gasteiger partial charge is 0.302 e. The van der Waals surface area contributed by atoms with Crippen molar-refractivity contribution >= 4 is 17.5 Å². The standard InChI is InChI=1S/C19H20N4OS/c1-4-23-18(15-7-9-20-10-8-15)21-22-19(23)25-12-17(24)16-11-13(2)5-6-14(16)3/h5-11H,4,12H2,1-3H3. The molecular weight excluding hydrogens is 332 g/mol. The smallest absolute Gasteiger partial charge is 0.191 e. The molecule has 0 aliphatic rings. The second kappa shape index (κ2) is 7.61. The Kier molecular flexibility index (Phi) is 5.28. The minimum Gasteiger partial charge on any atom is -0.302 e. The maximum Gasteiger partial charge on any atom is 0.191 e. The van der Waals surface area contributed by atoms with Crippen LogP contribution in [0.1, 0.15) is 28.4 Å². The van der Waals surface area contributed by atoms with Crippen LogP contribution in [-0.2, 0) is 6.54 Å². The molecule has 128 valence electrons. The van der Waals surface area contributed by atoms with Gasteiger partial charge in [0.2, 0.25) is 0 Å². The molecule has 0 unspecified atom stereocenters. The zero-order valence-corrected chi connectivity index (χ0v) is 15.4. The molecule has 0 amide bonds. The Morgan fingerprint density at radius 2 is 1.88 bits per heavy atom. The quantitative estimate of drug-likeness (QED) is 0.496. The van der Waals surface area contributed by atoms with Crippen molar-refractivity contribution in [3.8, 4) is 11.4 Å². The van der Waals surface area contributed by atoms with Gasteiger partial charge in [-0.05, 0) is 44.5 Å². The number of pyridine rings is 1. The van der Waals surface area contributed by atoms with Crippen LogP contribution >= 0.6 is 11.8 Å². The van der Waals surface area contributed by atoms with Crippen LogP contribution in [0.5, 0.6) is 0 Å². The molecule has 0 radical (unpaired) electrons. The van der Waals surface area contributed by atoms with Crippen molar-refractivity contribution in [3.63, 3.8) is 0 Å². The van der Waals surface area contributed by atoms with Crippen LogP contribution in [0, 0.1) is 13.8 Å². The third-order valence-corrected chi connectivity index (χ3v) is 4.96. The normalized spacial score (nSPS) is 10.8. The number of ketones is 1. The predicted octanol–water partition coefficient (Wildman–Crippen LogP) is 3.95. The molecule has 2 heterocycles. The number of carbonyl (C=O) groups is 1. The summed E-state index contributed by atoms with van der Waals surface area (Å²) < 4.78 is 2.02. The van der Waals surface area contributed by atoms with Crippen molar-refractivity contribution in [3.05, 3.63) is 59.4 Å². The fourth-order valence-electron chi connectivity index (χ4n) is 2.64. The molecule has 0 aliphatic carbocycles. The summed E-state index contributed by atoms with van der Waals surface area (Å²) >= 11 is 1.43. The van der Waals surface area contributed by atoms with Crippen molar-refractivity contribution in [1.82, 2.24) is 19.7 Å². The van der Waals surface area contributed by atoms with Crippen LogP contribution in [0.15, 0.2) is 47.9 Å². The van der Waals surface area contributed by atoms with Gasteiger partial charge in [-0.15, -0.1) is 10.2 Å². The highest BCUT2D eigenvalue weighted by atomic mass is 32.2. The van der Waals surface area contributed by atoms with Crippen LogP contribution < -0.4 is 0 Å². The van der Waals surface area contributed by atoms with E-state index in [9.17, 15) is 4.79 Å². The van der Waals surface area contributed by atoms with Crippen LogP contribution in [-0.4, -0.2) is 31.3 Å². The van der Waals surface area contributed by atoms with Gasteiger partial charge in [0.05, 0.1) is 5.75 Å². The fourth-order valence-corrected chi connectivity index (χ4v) is 3.52. The highest BCUT2D eigenvalue weighted by Crippen LogP contribution is 2.24. The van der Waals surface area contributed by atoms with E-state index in [4.69, 9.17) is 0 Å². The molecule has 0 N–H and O–H groups in total. The highest BCUT2D eigenvalue weighted by molar-refractivity contribution is 7.99. The van der Waals surface area contributed by atoms with Crippen molar-refractivity contribution in [1.29, 1.82) is 0 Å². The average Bonchev–Trinajstić information content (AvgIpc) is 3.05. The third kappa shape index (κ3) is 3.79. The fraction of sp³-hybridized carbons (Fsp3) is 0.263. The summed E-state index contributed by atoms with van der Waals surface area (Å²) in [4.78, 5) is 16.6. The lowest BCUT2D eigenvalue weighted by atomic mass is 10.0. The number of carbonyl (C=O) groups excluding carboxylic acids is 1. The first-order chi connectivity index (χ1) is 12.1. The predicted molar refractivity (Wildman–Crippen MR) is 99.9 cm³/mol. The summed E-state index contributed by atoms with van der Waals surface area (Å²) in [5.74, 6) is 1.26. The van der Waals surface area contributed by atoms with Gasteiger partial charge in [0.15, 0.2) is 16.8 Å². The zero-order chi connectivity index (χ0) is 17.8. The van der Waals surface area contributed by atoms with E-state index in [1.165, 1.54) is 11.8 Å². The number of aromatic nitrogens is 4. The lowest BCUT2D eigenvalue weighted by Gasteiger charge is -2.08. The molecule has 5 nitrogen and oxygen atoms in total. The van der Waals surface area contributed by atoms with Gasteiger partial charge in [-0.1, -0.05) is 29.5 Å². The van der Waals surface area contributed by atoms with Gasteiger partial charge in [-0.25, -0.2) is 0 Å². The number of rotatable bonds is 6. The van der Waals surface area contributed by atoms with Crippen LogP contribution in [0.25, 0.3) is 11.4 Å². The summed E-state index contributed by atoms with van der Waals surface area (Å²) in [7, 11) is 0. The lowest BCUT2D eigenvalue weighted by Crippen LogP contribution is -2.07. The number of benzene rings is 1. The maximum atomic E-state index is 12.6. The summed E-state index contributed by atoms with van der Waals surface area (Å²) in [6, 6.07) is 9.78. The van der Waals surface area contributed by atoms with Gasteiger partial charge >= 0.3 is 0 Å². The lowest BCUT2D eigenvalue weighted by molar-refractivity contribution is 0.102. The molecule has 0 saturated carbocycles. The molecule has 6 heteroatoms. The molecule has 0 aliphatic heterocycles. The zero-order valence-electron chi connectivity index (χ0n) is 14.6. The van der Waals surface area contributed by atoms with Gasteiger partial charge in [0, 0.05) is 30.1 Å². The molecule has 1 aromatic carbocycles. The molecule has 25 heavy (non-hydrogen) atoms. The van der Waals surface area contributed by atoms with Crippen molar-refractivity contribution < 1.29 is 4.79 Å². The molecule has 0 atom stereocenters. The number of nitrogens with zero attached hydrogens (tertiary/aromatic N) is 4. The van der Waals surface area contributed by atoms with E-state index in [0.29, 0.717) is 5.75 Å². The van der Waals surface area contributed by atoms with Gasteiger partial charge in [-0.2, -0.15) is 0 Å². The van der Waals surface area contributed by atoms with E-state index in [1.54, 1.807) is 12.4 Å². The molecule has 0 fully saturated rings. The van der Waals surface area contributed by atoms with Crippen molar-refractivity contribution in [2.24, 2.45) is 0 Å². The molecule has 3 rings (SSSR count). The Labute approximate surface area is 151 Å². The van der Waals surface area contributed by atoms with E-state index in [2.05, 4.69) is 15.2 Å². The minimum absolute atomic E-state index is 0.113. The Bertz CT molecular complexity index is 890. The monoisotopic (exact) mass is 352 g/mol. The molecule has 3 aromatic rings. The number of thioether (sulfide) groups is 1. The topological polar surface area (TPSA) is 60.7 Å². The van der Waals surface area contributed by atoms with Gasteiger partial charge < -0.3 is 4.57 Å². The summed E-state index contributed by atoms with van der Waals surface area (Å²) in [5, 5.41) is 9.32. The number of aryl methyl sites for hydroxylation is 2. The molecule has 0 saturated heterocycles. The second-order valence-corrected chi connectivity index (χ2v) is 6.76. The first-order valence-electron chi connectivity index (χ1n) is 8.17. The van der Waals surface area contributed by atoms with Crippen LogP contribution in [0.3, 0.4) is 0 Å². The third-order valence-electron chi connectivity index (χ3n) is 4.00. The van der Waals surface area contributed by atoms with E-state index in [1.807, 2.05) is 55.7 Å². The van der Waals surface area contributed by atoms with Gasteiger partial charge in [0.1, 0.15) is 0 Å². The maximum absolute atomic E-state index is 12.6. The molecular formula is C19H20N4OS. The molecule has 0 bridgehead atoms. The first-order valence-corrected chi connectivity index (χ1v) is 9.15. The van der Waals surface area contributed by atoms with E-state index >= 15 is 0 Å². The first kappa shape index (κ1) is 17.4. The van der Waals surface area contributed by atoms with E-state index < -0.39 is 0 Å². The second-order valence-electron chi connectivity index (χ2n) is 5.82. The molecule has 0 spiro atoms. The average molecular weight is 352 g/mol. The number of Topliss-reactive ketones (excluding diaryl/α,β-unsaturated/α-hetero) is 1. The number of hydrogen-bond acceptors (Lipinski definition) is 5. The summed E-state index contributed by atoms with van der Waals surface area (Å²) in [5.41, 5.74) is 3.85. The number of hydrogen-bond donors (Lipinski definition) is 0. The van der Waals surface area contributed by atoms with Crippen molar-refractivity contribution in [2.45, 2.75) is 32.5 Å². The van der Waals surface area contributed by atoms with Crippen molar-refractivity contribution in [2.75, 3.05) is 5.75 Å². The molecule has 2 aromatic heterocycles. The summed E-state index contributed by atoms with van der Waals surface area (Å²) in [6.07, 6.45) is 3.47. The van der Waals surface area contributed by atoms with E-state index in [0.717, 1.165) is 39.8 Å². The highest BCUT2D eigenvalue weighted by Gasteiger charge is 2.16. The van der Waals surface area contributed by atoms with E-state index in [-0.39, 0.29) is 5.78 Å². The Morgan fingerprint density at radius 3 is 2.60 bits per heavy atom. The summed E-state index contributed by atoms with van der Waals surface area (Å²) in [6.45, 7) is 6.75. The minimum atomic E-state index is 0.113. The Hall–Kier alpha value is -2.47. The Morgan fingerprint density at radius 1 is 1.12 bits per heavy atom. The van der Waals surface area contributed by atoms with Crippen LogP contribution in [0.4, 0.5) is 0 Å². The Balaban J connectivity index is 1.79.